The van der Waals surface area contributed by atoms with E-state index in [0.717, 1.165) is 5.69 Å². The van der Waals surface area contributed by atoms with Gasteiger partial charge in [-0.3, -0.25) is 0 Å². The van der Waals surface area contributed by atoms with Crippen molar-refractivity contribution in [3.05, 3.63) is 41.8 Å². The van der Waals surface area contributed by atoms with E-state index in [2.05, 4.69) is 5.16 Å². The van der Waals surface area contributed by atoms with Crippen LogP contribution in [-0.2, 0) is 18.0 Å². The zero-order valence-electron chi connectivity index (χ0n) is 9.55. The summed E-state index contributed by atoms with van der Waals surface area (Å²) >= 11 is 0. The molecule has 0 saturated heterocycles. The highest BCUT2D eigenvalue weighted by Crippen LogP contribution is 2.16. The lowest BCUT2D eigenvalue weighted by atomic mass is 10.3. The number of methoxy groups -OCH3 is 1. The fourth-order valence-corrected chi connectivity index (χ4v) is 1.40. The van der Waals surface area contributed by atoms with Crippen molar-refractivity contribution in [2.75, 3.05) is 12.8 Å². The van der Waals surface area contributed by atoms with Crippen molar-refractivity contribution >= 4 is 5.69 Å². The van der Waals surface area contributed by atoms with Gasteiger partial charge in [-0.15, -0.1) is 0 Å². The van der Waals surface area contributed by atoms with Crippen molar-refractivity contribution in [3.63, 3.8) is 0 Å². The molecule has 0 saturated carbocycles. The van der Waals surface area contributed by atoms with Gasteiger partial charge in [0.05, 0.1) is 0 Å². The first kappa shape index (κ1) is 11.5. The van der Waals surface area contributed by atoms with Crippen LogP contribution in [0, 0.1) is 0 Å². The topological polar surface area (TPSA) is 70.5 Å². The van der Waals surface area contributed by atoms with E-state index in [4.69, 9.17) is 19.7 Å². The summed E-state index contributed by atoms with van der Waals surface area (Å²) in [7, 11) is 1.60. The molecule has 1 aromatic carbocycles. The second-order valence-electron chi connectivity index (χ2n) is 3.58. The van der Waals surface area contributed by atoms with Gasteiger partial charge >= 0.3 is 0 Å². The fourth-order valence-electron chi connectivity index (χ4n) is 1.40. The third-order valence-corrected chi connectivity index (χ3v) is 2.14. The lowest BCUT2D eigenvalue weighted by Gasteiger charge is -2.03. The largest absolute Gasteiger partial charge is 0.487 e. The highest BCUT2D eigenvalue weighted by Gasteiger charge is 2.04. The minimum atomic E-state index is 0.344. The maximum absolute atomic E-state index is 5.64. The number of ether oxygens (including phenoxy) is 2. The molecule has 0 amide bonds. The summed E-state index contributed by atoms with van der Waals surface area (Å²) in [5, 5.41) is 3.86. The second-order valence-corrected chi connectivity index (χ2v) is 3.58. The van der Waals surface area contributed by atoms with Crippen LogP contribution in [-0.4, -0.2) is 12.3 Å². The van der Waals surface area contributed by atoms with Crippen LogP contribution in [0.2, 0.25) is 0 Å². The predicted molar refractivity (Wildman–Crippen MR) is 62.4 cm³/mol. The van der Waals surface area contributed by atoms with Crippen molar-refractivity contribution in [1.82, 2.24) is 5.16 Å². The molecule has 1 heterocycles. The molecule has 0 aliphatic heterocycles. The second kappa shape index (κ2) is 5.36. The minimum Gasteiger partial charge on any atom is -0.487 e. The summed E-state index contributed by atoms with van der Waals surface area (Å²) in [4.78, 5) is 0. The summed E-state index contributed by atoms with van der Waals surface area (Å²) in [6.07, 6.45) is 0. The van der Waals surface area contributed by atoms with E-state index in [1.54, 1.807) is 25.3 Å². The third kappa shape index (κ3) is 3.22. The molecule has 2 aromatic rings. The lowest BCUT2D eigenvalue weighted by molar-refractivity contribution is 0.155. The SMILES string of the molecule is COCc1cc(COc2cccc(N)c2)no1. The van der Waals surface area contributed by atoms with Crippen molar-refractivity contribution in [2.24, 2.45) is 0 Å². The zero-order valence-corrected chi connectivity index (χ0v) is 9.55. The van der Waals surface area contributed by atoms with Gasteiger partial charge in [0.2, 0.25) is 0 Å². The quantitative estimate of drug-likeness (QED) is 0.801. The molecule has 0 aliphatic rings. The van der Waals surface area contributed by atoms with E-state index in [-0.39, 0.29) is 0 Å². The first-order valence-electron chi connectivity index (χ1n) is 5.19. The Hall–Kier alpha value is -2.01. The minimum absolute atomic E-state index is 0.344. The molecule has 5 heteroatoms. The van der Waals surface area contributed by atoms with E-state index in [0.29, 0.717) is 30.4 Å². The molecule has 0 spiro atoms. The van der Waals surface area contributed by atoms with Crippen molar-refractivity contribution in [2.45, 2.75) is 13.2 Å². The Bertz CT molecular complexity index is 482. The van der Waals surface area contributed by atoms with Crippen LogP contribution in [0.15, 0.2) is 34.9 Å². The number of anilines is 1. The van der Waals surface area contributed by atoms with Gasteiger partial charge in [0, 0.05) is 24.9 Å². The Labute approximate surface area is 99.1 Å². The van der Waals surface area contributed by atoms with Gasteiger partial charge < -0.3 is 19.7 Å². The van der Waals surface area contributed by atoms with Gasteiger partial charge in [0.1, 0.15) is 24.7 Å². The molecule has 5 nitrogen and oxygen atoms in total. The first-order valence-corrected chi connectivity index (χ1v) is 5.19. The number of nitrogens with zero attached hydrogens (tertiary/aromatic N) is 1. The van der Waals surface area contributed by atoms with Crippen LogP contribution < -0.4 is 10.5 Å². The number of hydrogen-bond donors (Lipinski definition) is 1. The fraction of sp³-hybridized carbons (Fsp3) is 0.250. The van der Waals surface area contributed by atoms with Crippen LogP contribution in [0.5, 0.6) is 5.75 Å². The van der Waals surface area contributed by atoms with Crippen LogP contribution in [0.3, 0.4) is 0 Å². The Kier molecular flexibility index (Phi) is 3.62. The van der Waals surface area contributed by atoms with E-state index in [1.807, 2.05) is 12.1 Å². The van der Waals surface area contributed by atoms with Gasteiger partial charge in [-0.2, -0.15) is 0 Å². The lowest BCUT2D eigenvalue weighted by Crippen LogP contribution is -1.96. The smallest absolute Gasteiger partial charge is 0.162 e. The van der Waals surface area contributed by atoms with Gasteiger partial charge in [-0.25, -0.2) is 0 Å². The highest BCUT2D eigenvalue weighted by atomic mass is 16.5. The molecule has 0 unspecified atom stereocenters. The molecule has 0 atom stereocenters. The number of rotatable bonds is 5. The van der Waals surface area contributed by atoms with E-state index in [9.17, 15) is 0 Å². The van der Waals surface area contributed by atoms with Gasteiger partial charge in [-0.1, -0.05) is 11.2 Å². The summed E-state index contributed by atoms with van der Waals surface area (Å²) in [5.74, 6) is 1.39. The van der Waals surface area contributed by atoms with Crippen molar-refractivity contribution in [1.29, 1.82) is 0 Å². The molecule has 90 valence electrons. The van der Waals surface area contributed by atoms with E-state index in [1.165, 1.54) is 0 Å². The van der Waals surface area contributed by atoms with Crippen LogP contribution in [0.25, 0.3) is 0 Å². The normalized spacial score (nSPS) is 10.4. The van der Waals surface area contributed by atoms with Gasteiger partial charge in [0.15, 0.2) is 5.76 Å². The van der Waals surface area contributed by atoms with Crippen LogP contribution in [0.1, 0.15) is 11.5 Å². The molecular weight excluding hydrogens is 220 g/mol. The van der Waals surface area contributed by atoms with Gasteiger partial charge in [-0.05, 0) is 12.1 Å². The molecule has 1 aromatic heterocycles. The van der Waals surface area contributed by atoms with Gasteiger partial charge in [0.25, 0.3) is 0 Å². The number of nitrogen functional groups attached to an aromatic ring is 1. The van der Waals surface area contributed by atoms with E-state index >= 15 is 0 Å². The highest BCUT2D eigenvalue weighted by molar-refractivity contribution is 5.43. The molecular formula is C12H14N2O3. The Balaban J connectivity index is 1.93. The molecule has 17 heavy (non-hydrogen) atoms. The van der Waals surface area contributed by atoms with Crippen molar-refractivity contribution in [3.8, 4) is 5.75 Å². The summed E-state index contributed by atoms with van der Waals surface area (Å²) in [6, 6.07) is 9.04. The predicted octanol–water partition coefficient (Wildman–Crippen LogP) is 1.98. The number of hydrogen-bond acceptors (Lipinski definition) is 5. The summed E-state index contributed by atoms with van der Waals surface area (Å²) in [6.45, 7) is 0.752. The first-order chi connectivity index (χ1) is 8.28. The Morgan fingerprint density at radius 2 is 2.18 bits per heavy atom. The van der Waals surface area contributed by atoms with Crippen LogP contribution >= 0.6 is 0 Å². The van der Waals surface area contributed by atoms with Crippen LogP contribution in [0.4, 0.5) is 5.69 Å². The Morgan fingerprint density at radius 3 is 2.94 bits per heavy atom. The standard InChI is InChI=1S/C12H14N2O3/c1-15-8-12-6-10(14-17-12)7-16-11-4-2-3-9(13)5-11/h2-6H,7-8,13H2,1H3. The molecule has 2 rings (SSSR count). The molecule has 0 fully saturated rings. The monoisotopic (exact) mass is 234 g/mol. The summed E-state index contributed by atoms with van der Waals surface area (Å²) in [5.41, 5.74) is 7.03. The number of aromatic nitrogens is 1. The molecule has 2 N–H and O–H groups in total. The molecule has 0 aliphatic carbocycles. The number of benzene rings is 1. The number of nitrogens with two attached hydrogens (primary N) is 1. The summed E-state index contributed by atoms with van der Waals surface area (Å²) < 4.78 is 15.5. The Morgan fingerprint density at radius 1 is 1.29 bits per heavy atom. The zero-order chi connectivity index (χ0) is 12.1. The average Bonchev–Trinajstić information content (AvgIpc) is 2.75. The maximum Gasteiger partial charge on any atom is 0.162 e. The molecule has 0 radical (unpaired) electrons. The van der Waals surface area contributed by atoms with E-state index < -0.39 is 0 Å². The average molecular weight is 234 g/mol. The molecule has 0 bridgehead atoms. The third-order valence-electron chi connectivity index (χ3n) is 2.14. The van der Waals surface area contributed by atoms with Crippen molar-refractivity contribution < 1.29 is 14.0 Å². The maximum atomic E-state index is 5.64.